The Bertz CT molecular complexity index is 698. The average Bonchev–Trinajstić information content (AvgIpc) is 3.04. The van der Waals surface area contributed by atoms with Gasteiger partial charge in [-0.2, -0.15) is 4.98 Å². The van der Waals surface area contributed by atoms with Gasteiger partial charge < -0.3 is 14.2 Å². The van der Waals surface area contributed by atoms with E-state index in [0.29, 0.717) is 31.3 Å². The fraction of sp³-hybridized carbons (Fsp3) is 0.438. The highest BCUT2D eigenvalue weighted by Gasteiger charge is 2.22. The first-order chi connectivity index (χ1) is 11.7. The van der Waals surface area contributed by atoms with Crippen LogP contribution in [0, 0.1) is 0 Å². The summed E-state index contributed by atoms with van der Waals surface area (Å²) in [6.07, 6.45) is 0. The van der Waals surface area contributed by atoms with E-state index >= 15 is 0 Å². The Morgan fingerprint density at radius 2 is 2.12 bits per heavy atom. The predicted octanol–water partition coefficient (Wildman–Crippen LogP) is 1.79. The van der Waals surface area contributed by atoms with Crippen LogP contribution in [-0.4, -0.2) is 65.7 Å². The van der Waals surface area contributed by atoms with Crippen LogP contribution in [0.25, 0.3) is 11.4 Å². The molecule has 0 aliphatic carbocycles. The van der Waals surface area contributed by atoms with E-state index < -0.39 is 0 Å². The number of hydrogen-bond acceptors (Lipinski definition) is 6. The maximum atomic E-state index is 11.8. The molecule has 128 valence electrons. The highest BCUT2D eigenvalue weighted by atomic mass is 79.9. The topological polar surface area (TPSA) is 71.7 Å². The molecule has 1 amide bonds. The van der Waals surface area contributed by atoms with Gasteiger partial charge in [-0.15, -0.1) is 0 Å². The number of aromatic nitrogens is 2. The Hall–Kier alpha value is -1.77. The lowest BCUT2D eigenvalue weighted by molar-refractivity contribution is -0.137. The van der Waals surface area contributed by atoms with Crippen molar-refractivity contribution >= 4 is 21.8 Å². The summed E-state index contributed by atoms with van der Waals surface area (Å²) in [5, 5.41) is 4.05. The summed E-state index contributed by atoms with van der Waals surface area (Å²) in [5.41, 5.74) is 0.911. The summed E-state index contributed by atoms with van der Waals surface area (Å²) in [4.78, 5) is 20.3. The molecule has 0 saturated carbocycles. The summed E-state index contributed by atoms with van der Waals surface area (Å²) in [7, 11) is 1.53. The molecule has 1 aliphatic heterocycles. The van der Waals surface area contributed by atoms with Crippen LogP contribution in [-0.2, 0) is 16.1 Å². The van der Waals surface area contributed by atoms with Crippen LogP contribution in [0.1, 0.15) is 5.89 Å². The van der Waals surface area contributed by atoms with E-state index in [9.17, 15) is 4.79 Å². The molecule has 0 unspecified atom stereocenters. The van der Waals surface area contributed by atoms with Crippen molar-refractivity contribution in [1.29, 1.82) is 0 Å². The molecule has 3 rings (SSSR count). The van der Waals surface area contributed by atoms with Crippen LogP contribution in [0.5, 0.6) is 0 Å². The van der Waals surface area contributed by atoms with Gasteiger partial charge >= 0.3 is 0 Å². The van der Waals surface area contributed by atoms with E-state index in [1.807, 2.05) is 29.2 Å². The minimum atomic E-state index is 0.0341. The number of ether oxygens (including phenoxy) is 1. The van der Waals surface area contributed by atoms with Gasteiger partial charge in [-0.05, 0) is 12.1 Å². The van der Waals surface area contributed by atoms with Gasteiger partial charge in [0.05, 0.1) is 6.54 Å². The molecule has 1 aromatic carbocycles. The molecule has 8 heteroatoms. The fourth-order valence-electron chi connectivity index (χ4n) is 2.63. The van der Waals surface area contributed by atoms with Crippen LogP contribution >= 0.6 is 15.9 Å². The Labute approximate surface area is 148 Å². The van der Waals surface area contributed by atoms with Gasteiger partial charge in [0.1, 0.15) is 6.61 Å². The second-order valence-corrected chi connectivity index (χ2v) is 6.53. The van der Waals surface area contributed by atoms with Gasteiger partial charge in [-0.25, -0.2) is 0 Å². The van der Waals surface area contributed by atoms with Crippen molar-refractivity contribution in [1.82, 2.24) is 19.9 Å². The lowest BCUT2D eigenvalue weighted by atomic mass is 10.2. The number of hydrogen-bond donors (Lipinski definition) is 0. The number of piperazine rings is 1. The minimum Gasteiger partial charge on any atom is -0.375 e. The summed E-state index contributed by atoms with van der Waals surface area (Å²) in [6.45, 7) is 3.67. The first-order valence-corrected chi connectivity index (χ1v) is 8.52. The van der Waals surface area contributed by atoms with Gasteiger partial charge in [-0.1, -0.05) is 33.2 Å². The third-order valence-corrected chi connectivity index (χ3v) is 4.40. The molecule has 2 aromatic rings. The molecule has 0 spiro atoms. The zero-order chi connectivity index (χ0) is 16.9. The van der Waals surface area contributed by atoms with Crippen LogP contribution in [0.15, 0.2) is 33.3 Å². The zero-order valence-corrected chi connectivity index (χ0v) is 15.0. The zero-order valence-electron chi connectivity index (χ0n) is 13.4. The minimum absolute atomic E-state index is 0.0341. The van der Waals surface area contributed by atoms with Crippen molar-refractivity contribution in [2.45, 2.75) is 6.54 Å². The quantitative estimate of drug-likeness (QED) is 0.769. The number of halogens is 1. The first kappa shape index (κ1) is 17.1. The number of amides is 1. The Morgan fingerprint density at radius 3 is 2.83 bits per heavy atom. The molecule has 1 saturated heterocycles. The smallest absolute Gasteiger partial charge is 0.248 e. The molecule has 0 radical (unpaired) electrons. The first-order valence-electron chi connectivity index (χ1n) is 7.73. The average molecular weight is 395 g/mol. The number of nitrogens with zero attached hydrogens (tertiary/aromatic N) is 4. The van der Waals surface area contributed by atoms with E-state index in [1.54, 1.807) is 0 Å². The Balaban J connectivity index is 1.56. The molecule has 2 heterocycles. The van der Waals surface area contributed by atoms with Crippen LogP contribution < -0.4 is 0 Å². The summed E-state index contributed by atoms with van der Waals surface area (Å²) in [6, 6.07) is 7.79. The molecule has 0 atom stereocenters. The molecule has 1 fully saturated rings. The summed E-state index contributed by atoms with van der Waals surface area (Å²) in [5.74, 6) is 1.20. The van der Waals surface area contributed by atoms with Crippen molar-refractivity contribution in [3.63, 3.8) is 0 Å². The van der Waals surface area contributed by atoms with E-state index in [2.05, 4.69) is 31.0 Å². The molecule has 0 bridgehead atoms. The van der Waals surface area contributed by atoms with Gasteiger partial charge in [0.15, 0.2) is 0 Å². The van der Waals surface area contributed by atoms with Gasteiger partial charge in [-0.3, -0.25) is 9.69 Å². The lowest BCUT2D eigenvalue weighted by Crippen LogP contribution is -2.49. The summed E-state index contributed by atoms with van der Waals surface area (Å²) < 4.78 is 11.2. The molecule has 1 aromatic heterocycles. The van der Waals surface area contributed by atoms with E-state index in [1.165, 1.54) is 7.11 Å². The Morgan fingerprint density at radius 1 is 1.33 bits per heavy atom. The molecular formula is C16H19BrN4O3. The van der Waals surface area contributed by atoms with Crippen molar-refractivity contribution in [3.05, 3.63) is 34.6 Å². The van der Waals surface area contributed by atoms with Crippen molar-refractivity contribution in [2.24, 2.45) is 0 Å². The van der Waals surface area contributed by atoms with Crippen molar-refractivity contribution in [2.75, 3.05) is 39.9 Å². The fourth-order valence-corrected chi connectivity index (χ4v) is 3.02. The highest BCUT2D eigenvalue weighted by molar-refractivity contribution is 9.10. The second kappa shape index (κ2) is 7.87. The Kier molecular flexibility index (Phi) is 5.60. The number of methoxy groups -OCH3 is 1. The molecule has 24 heavy (non-hydrogen) atoms. The third-order valence-electron chi connectivity index (χ3n) is 3.90. The SMILES string of the molecule is COCC(=O)N1CCN(Cc2nc(-c3cccc(Br)c3)no2)CC1. The normalized spacial score (nSPS) is 15.7. The summed E-state index contributed by atoms with van der Waals surface area (Å²) >= 11 is 3.44. The van der Waals surface area contributed by atoms with Crippen LogP contribution in [0.2, 0.25) is 0 Å². The van der Waals surface area contributed by atoms with E-state index in [-0.39, 0.29) is 12.5 Å². The van der Waals surface area contributed by atoms with Crippen LogP contribution in [0.3, 0.4) is 0 Å². The number of carbonyl (C=O) groups excluding carboxylic acids is 1. The van der Waals surface area contributed by atoms with Gasteiger partial charge in [0.2, 0.25) is 17.6 Å². The van der Waals surface area contributed by atoms with Crippen LogP contribution in [0.4, 0.5) is 0 Å². The third kappa shape index (κ3) is 4.19. The van der Waals surface area contributed by atoms with Gasteiger partial charge in [0.25, 0.3) is 0 Å². The maximum Gasteiger partial charge on any atom is 0.248 e. The monoisotopic (exact) mass is 394 g/mol. The standard InChI is InChI=1S/C16H19BrN4O3/c1-23-11-15(22)21-7-5-20(6-8-21)10-14-18-16(19-24-14)12-3-2-4-13(17)9-12/h2-4,9H,5-8,10-11H2,1H3. The molecule has 0 N–H and O–H groups in total. The van der Waals surface area contributed by atoms with Crippen molar-refractivity contribution in [3.8, 4) is 11.4 Å². The second-order valence-electron chi connectivity index (χ2n) is 5.61. The molecular weight excluding hydrogens is 376 g/mol. The number of carbonyl (C=O) groups is 1. The molecule has 1 aliphatic rings. The van der Waals surface area contributed by atoms with E-state index in [0.717, 1.165) is 23.1 Å². The highest BCUT2D eigenvalue weighted by Crippen LogP contribution is 2.20. The number of benzene rings is 1. The van der Waals surface area contributed by atoms with Crippen molar-refractivity contribution < 1.29 is 14.1 Å². The lowest BCUT2D eigenvalue weighted by Gasteiger charge is -2.33. The largest absolute Gasteiger partial charge is 0.375 e. The van der Waals surface area contributed by atoms with Gasteiger partial charge in [0, 0.05) is 43.3 Å². The number of rotatable bonds is 5. The predicted molar refractivity (Wildman–Crippen MR) is 91.2 cm³/mol. The van der Waals surface area contributed by atoms with E-state index in [4.69, 9.17) is 9.26 Å². The molecule has 7 nitrogen and oxygen atoms in total. The maximum absolute atomic E-state index is 11.8.